The van der Waals surface area contributed by atoms with Gasteiger partial charge < -0.3 is 9.64 Å². The lowest BCUT2D eigenvalue weighted by Gasteiger charge is -2.21. The van der Waals surface area contributed by atoms with Gasteiger partial charge >= 0.3 is 0 Å². The molecule has 0 fully saturated rings. The van der Waals surface area contributed by atoms with Crippen LogP contribution in [-0.2, 0) is 4.79 Å². The zero-order chi connectivity index (χ0) is 18.2. The van der Waals surface area contributed by atoms with Crippen LogP contribution in [0, 0.1) is 11.3 Å². The molecule has 2 rings (SSSR count). The fraction of sp³-hybridized carbons (Fsp3) is 0.238. The average Bonchev–Trinajstić information content (AvgIpc) is 2.64. The Morgan fingerprint density at radius 2 is 1.68 bits per heavy atom. The lowest BCUT2D eigenvalue weighted by molar-refractivity contribution is -0.132. The highest BCUT2D eigenvalue weighted by Crippen LogP contribution is 2.22. The number of benzene rings is 2. The molecule has 0 atom stereocenters. The van der Waals surface area contributed by atoms with Gasteiger partial charge in [-0.05, 0) is 49.2 Å². The topological polar surface area (TPSA) is 53.3 Å². The fourth-order valence-corrected chi connectivity index (χ4v) is 2.42. The third kappa shape index (κ3) is 5.22. The van der Waals surface area contributed by atoms with Crippen molar-refractivity contribution in [2.24, 2.45) is 0 Å². The van der Waals surface area contributed by atoms with Crippen LogP contribution in [0.25, 0.3) is 11.1 Å². The lowest BCUT2D eigenvalue weighted by Crippen LogP contribution is -2.35. The third-order valence-corrected chi connectivity index (χ3v) is 3.76. The quantitative estimate of drug-likeness (QED) is 0.718. The van der Waals surface area contributed by atoms with Gasteiger partial charge in [0.25, 0.3) is 5.91 Å². The van der Waals surface area contributed by atoms with Crippen molar-refractivity contribution in [1.82, 2.24) is 4.90 Å². The molecule has 25 heavy (non-hydrogen) atoms. The van der Waals surface area contributed by atoms with Gasteiger partial charge in [0.15, 0.2) is 6.61 Å². The Morgan fingerprint density at radius 3 is 2.16 bits per heavy atom. The van der Waals surface area contributed by atoms with Crippen LogP contribution in [0.2, 0.25) is 0 Å². The second kappa shape index (κ2) is 8.70. The van der Waals surface area contributed by atoms with Gasteiger partial charge in [0.2, 0.25) is 0 Å². The first-order valence-corrected chi connectivity index (χ1v) is 8.19. The van der Waals surface area contributed by atoms with Crippen molar-refractivity contribution in [3.05, 3.63) is 66.2 Å². The normalized spacial score (nSPS) is 9.96. The smallest absolute Gasteiger partial charge is 0.260 e. The molecule has 0 saturated carbocycles. The van der Waals surface area contributed by atoms with Gasteiger partial charge in [-0.3, -0.25) is 4.79 Å². The summed E-state index contributed by atoms with van der Waals surface area (Å²) in [6.45, 7) is 8.87. The number of nitriles is 1. The van der Waals surface area contributed by atoms with Gasteiger partial charge in [-0.15, -0.1) is 0 Å². The van der Waals surface area contributed by atoms with E-state index in [1.54, 1.807) is 17.0 Å². The van der Waals surface area contributed by atoms with E-state index < -0.39 is 0 Å². The molecule has 128 valence electrons. The SMILES string of the molecule is C=C(C)CN(CC)C(=O)COc1ccc(-c2ccc(C#N)cc2)cc1. The van der Waals surface area contributed by atoms with Crippen molar-refractivity contribution in [2.75, 3.05) is 19.7 Å². The zero-order valence-electron chi connectivity index (χ0n) is 14.7. The molecule has 0 aliphatic rings. The Labute approximate surface area is 149 Å². The highest BCUT2D eigenvalue weighted by molar-refractivity contribution is 5.78. The number of carbonyl (C=O) groups excluding carboxylic acids is 1. The minimum Gasteiger partial charge on any atom is -0.484 e. The van der Waals surface area contributed by atoms with Crippen LogP contribution in [0.1, 0.15) is 19.4 Å². The summed E-state index contributed by atoms with van der Waals surface area (Å²) >= 11 is 0. The Bertz CT molecular complexity index is 771. The summed E-state index contributed by atoms with van der Waals surface area (Å²) in [5.74, 6) is 0.596. The summed E-state index contributed by atoms with van der Waals surface area (Å²) in [6, 6.07) is 17.1. The number of rotatable bonds is 7. The van der Waals surface area contributed by atoms with E-state index in [2.05, 4.69) is 12.6 Å². The Balaban J connectivity index is 1.97. The van der Waals surface area contributed by atoms with Gasteiger partial charge in [-0.2, -0.15) is 5.26 Å². The van der Waals surface area contributed by atoms with Crippen LogP contribution in [0.5, 0.6) is 5.75 Å². The van der Waals surface area contributed by atoms with E-state index in [4.69, 9.17) is 10.00 Å². The minimum atomic E-state index is -0.0540. The van der Waals surface area contributed by atoms with E-state index in [0.717, 1.165) is 16.7 Å². The number of likely N-dealkylation sites (N-methyl/N-ethyl adjacent to an activating group) is 1. The summed E-state index contributed by atoms with van der Waals surface area (Å²) in [5.41, 5.74) is 3.64. The lowest BCUT2D eigenvalue weighted by atomic mass is 10.0. The Kier molecular flexibility index (Phi) is 6.36. The van der Waals surface area contributed by atoms with Crippen LogP contribution in [0.15, 0.2) is 60.7 Å². The second-order valence-corrected chi connectivity index (χ2v) is 5.87. The van der Waals surface area contributed by atoms with Crippen LogP contribution in [0.4, 0.5) is 0 Å². The molecule has 4 heteroatoms. The van der Waals surface area contributed by atoms with Gasteiger partial charge in [0, 0.05) is 13.1 Å². The second-order valence-electron chi connectivity index (χ2n) is 5.87. The van der Waals surface area contributed by atoms with Crippen molar-refractivity contribution in [3.8, 4) is 22.9 Å². The molecule has 0 aliphatic carbocycles. The standard InChI is InChI=1S/C21H22N2O2/c1-4-23(14-16(2)3)21(24)15-25-20-11-9-19(10-12-20)18-7-5-17(13-22)6-8-18/h5-12H,2,4,14-15H2,1,3H3. The predicted octanol–water partition coefficient (Wildman–Crippen LogP) is 4.03. The van der Waals surface area contributed by atoms with Crippen molar-refractivity contribution in [2.45, 2.75) is 13.8 Å². The third-order valence-electron chi connectivity index (χ3n) is 3.76. The molecule has 0 N–H and O–H groups in total. The highest BCUT2D eigenvalue weighted by Gasteiger charge is 2.12. The first kappa shape index (κ1) is 18.3. The summed E-state index contributed by atoms with van der Waals surface area (Å²) in [7, 11) is 0. The monoisotopic (exact) mass is 334 g/mol. The molecule has 0 spiro atoms. The molecule has 0 unspecified atom stereocenters. The number of nitrogens with zero attached hydrogens (tertiary/aromatic N) is 2. The van der Waals surface area contributed by atoms with Crippen LogP contribution >= 0.6 is 0 Å². The molecule has 0 heterocycles. The molecule has 0 saturated heterocycles. The predicted molar refractivity (Wildman–Crippen MR) is 99.2 cm³/mol. The van der Waals surface area contributed by atoms with E-state index >= 15 is 0 Å². The molecular formula is C21H22N2O2. The van der Waals surface area contributed by atoms with Crippen LogP contribution < -0.4 is 4.74 Å². The highest BCUT2D eigenvalue weighted by atomic mass is 16.5. The molecule has 0 aliphatic heterocycles. The van der Waals surface area contributed by atoms with E-state index in [1.165, 1.54) is 0 Å². The van der Waals surface area contributed by atoms with Crippen molar-refractivity contribution < 1.29 is 9.53 Å². The van der Waals surface area contributed by atoms with Crippen molar-refractivity contribution in [1.29, 1.82) is 5.26 Å². The maximum atomic E-state index is 12.2. The number of amides is 1. The molecule has 4 nitrogen and oxygen atoms in total. The molecule has 2 aromatic carbocycles. The van der Waals surface area contributed by atoms with E-state index in [9.17, 15) is 4.79 Å². The summed E-state index contributed by atoms with van der Waals surface area (Å²) in [6.07, 6.45) is 0. The summed E-state index contributed by atoms with van der Waals surface area (Å²) < 4.78 is 5.60. The van der Waals surface area contributed by atoms with Crippen molar-refractivity contribution in [3.63, 3.8) is 0 Å². The molecule has 0 aromatic heterocycles. The van der Waals surface area contributed by atoms with Crippen molar-refractivity contribution >= 4 is 5.91 Å². The first-order chi connectivity index (χ1) is 12.0. The molecule has 2 aromatic rings. The average molecular weight is 334 g/mol. The van der Waals surface area contributed by atoms with Gasteiger partial charge in [0.05, 0.1) is 11.6 Å². The van der Waals surface area contributed by atoms with Gasteiger partial charge in [0.1, 0.15) is 5.75 Å². The molecule has 1 amide bonds. The minimum absolute atomic E-state index is 0.0112. The Hall–Kier alpha value is -3.06. The van der Waals surface area contributed by atoms with Gasteiger partial charge in [-0.1, -0.05) is 36.4 Å². The maximum absolute atomic E-state index is 12.2. The van der Waals surface area contributed by atoms with Gasteiger partial charge in [-0.25, -0.2) is 0 Å². The number of carbonyl (C=O) groups is 1. The first-order valence-electron chi connectivity index (χ1n) is 8.19. The zero-order valence-corrected chi connectivity index (χ0v) is 14.7. The molecule has 0 bridgehead atoms. The number of hydrogen-bond donors (Lipinski definition) is 0. The summed E-state index contributed by atoms with van der Waals surface area (Å²) in [4.78, 5) is 13.9. The molecular weight excluding hydrogens is 312 g/mol. The van der Waals surface area contributed by atoms with E-state index in [0.29, 0.717) is 24.4 Å². The van der Waals surface area contributed by atoms with Crippen LogP contribution in [-0.4, -0.2) is 30.5 Å². The summed E-state index contributed by atoms with van der Waals surface area (Å²) in [5, 5.41) is 8.84. The largest absolute Gasteiger partial charge is 0.484 e. The van der Waals surface area contributed by atoms with E-state index in [-0.39, 0.29) is 12.5 Å². The maximum Gasteiger partial charge on any atom is 0.260 e. The van der Waals surface area contributed by atoms with E-state index in [1.807, 2.05) is 50.2 Å². The van der Waals surface area contributed by atoms with Crippen LogP contribution in [0.3, 0.4) is 0 Å². The number of ether oxygens (including phenoxy) is 1. The molecule has 0 radical (unpaired) electrons. The number of hydrogen-bond acceptors (Lipinski definition) is 3. The Morgan fingerprint density at radius 1 is 1.12 bits per heavy atom. The fourth-order valence-electron chi connectivity index (χ4n) is 2.42.